The SMILES string of the molecule is [Co].[Fe].[Mn].[Mo].[Ni]. The van der Waals surface area contributed by atoms with Gasteiger partial charge in [-0.2, -0.15) is 0 Å². The third-order valence-electron chi connectivity index (χ3n) is 0. The minimum Gasteiger partial charge on any atom is 0 e. The Bertz CT molecular complexity index is 11.6. The minimum absolute atomic E-state index is 0. The van der Waals surface area contributed by atoms with E-state index in [1.54, 1.807) is 0 Å². The fourth-order valence-electron chi connectivity index (χ4n) is 0. The molecule has 5 heavy (non-hydrogen) atoms. The fraction of sp³-hybridized carbons (Fsp3) is 0. The van der Waals surface area contributed by atoms with E-state index in [4.69, 9.17) is 0 Å². The van der Waals surface area contributed by atoms with Crippen LogP contribution in [0.25, 0.3) is 0 Å². The van der Waals surface area contributed by atoms with Gasteiger partial charge in [0.15, 0.2) is 0 Å². The van der Waals surface area contributed by atoms with Crippen molar-refractivity contribution in [3.05, 3.63) is 0 Å². The Hall–Kier alpha value is 2.73. The van der Waals surface area contributed by atoms with E-state index in [1.807, 2.05) is 0 Å². The first-order valence-electron chi connectivity index (χ1n) is 0. The molecule has 0 saturated carbocycles. The van der Waals surface area contributed by atoms with Gasteiger partial charge in [-0.3, -0.25) is 0 Å². The molecule has 0 rings (SSSR count). The Morgan fingerprint density at radius 1 is 1.00 bits per heavy atom. The van der Waals surface area contributed by atoms with Gasteiger partial charge in [-0.15, -0.1) is 0 Å². The van der Waals surface area contributed by atoms with E-state index in [9.17, 15) is 0 Å². The normalized spacial score (nSPS) is 0. The van der Waals surface area contributed by atoms with Gasteiger partial charge in [0.05, 0.1) is 0 Å². The third-order valence-corrected chi connectivity index (χ3v) is 0. The summed E-state index contributed by atoms with van der Waals surface area (Å²) in [5, 5.41) is 0. The maximum Gasteiger partial charge on any atom is 0 e. The predicted octanol–water partition coefficient (Wildman–Crippen LogP) is -0.0125. The smallest absolute Gasteiger partial charge is 0 e. The second kappa shape index (κ2) is 29.7. The van der Waals surface area contributed by atoms with Crippen LogP contribution < -0.4 is 0 Å². The van der Waals surface area contributed by atoms with Crippen molar-refractivity contribution in [2.75, 3.05) is 0 Å². The van der Waals surface area contributed by atoms with E-state index in [-0.39, 0.29) is 88.5 Å². The Morgan fingerprint density at radius 3 is 1.00 bits per heavy atom. The molecule has 0 aromatic heterocycles. The van der Waals surface area contributed by atoms with Crippen molar-refractivity contribution in [1.82, 2.24) is 0 Å². The zero-order valence-electron chi connectivity index (χ0n) is 1.79. The van der Waals surface area contributed by atoms with Crippen LogP contribution in [0.5, 0.6) is 0 Å². The molecule has 0 N–H and O–H groups in total. The van der Waals surface area contributed by atoms with Gasteiger partial charge in [0.25, 0.3) is 0 Å². The van der Waals surface area contributed by atoms with Gasteiger partial charge >= 0.3 is 0 Å². The number of hydrogen-bond donors (Lipinski definition) is 0. The van der Waals surface area contributed by atoms with E-state index in [1.165, 1.54) is 0 Å². The molecular weight excluding hydrogens is 324 g/mol. The van der Waals surface area contributed by atoms with Crippen molar-refractivity contribution in [3.63, 3.8) is 0 Å². The van der Waals surface area contributed by atoms with Gasteiger partial charge in [-0.05, 0) is 0 Å². The molecule has 40 valence electrons. The maximum atomic E-state index is 0. The molecule has 0 nitrogen and oxygen atoms in total. The second-order valence-corrected chi connectivity index (χ2v) is 0. The summed E-state index contributed by atoms with van der Waals surface area (Å²) >= 11 is 0. The van der Waals surface area contributed by atoms with E-state index in [0.717, 1.165) is 0 Å². The van der Waals surface area contributed by atoms with Crippen molar-refractivity contribution in [1.29, 1.82) is 0 Å². The van der Waals surface area contributed by atoms with Crippen molar-refractivity contribution in [2.45, 2.75) is 0 Å². The minimum atomic E-state index is 0. The van der Waals surface area contributed by atoms with Crippen molar-refractivity contribution < 1.29 is 88.5 Å². The summed E-state index contributed by atoms with van der Waals surface area (Å²) in [6.07, 6.45) is 0. The quantitative estimate of drug-likeness (QED) is 0.550. The average molecular weight is 324 g/mol. The molecule has 0 spiro atoms. The Labute approximate surface area is 87.3 Å². The summed E-state index contributed by atoms with van der Waals surface area (Å²) in [6, 6.07) is 0. The van der Waals surface area contributed by atoms with Crippen molar-refractivity contribution in [3.8, 4) is 0 Å². The van der Waals surface area contributed by atoms with Crippen LogP contribution in [0.2, 0.25) is 0 Å². The maximum absolute atomic E-state index is 0. The molecule has 0 amide bonds. The van der Waals surface area contributed by atoms with Crippen LogP contribution in [0.15, 0.2) is 0 Å². The molecule has 0 aromatic rings. The standard InChI is InChI=1S/Co.Fe.Mn.Mo.Ni. The molecule has 0 aliphatic carbocycles. The number of rotatable bonds is 0. The number of hydrogen-bond acceptors (Lipinski definition) is 0. The second-order valence-electron chi connectivity index (χ2n) is 0. The van der Waals surface area contributed by atoms with Gasteiger partial charge in [-0.25, -0.2) is 0 Å². The fourth-order valence-corrected chi connectivity index (χ4v) is 0. The molecule has 0 saturated heterocycles. The molecule has 0 heterocycles. The van der Waals surface area contributed by atoms with Gasteiger partial charge in [0, 0.05) is 88.5 Å². The summed E-state index contributed by atoms with van der Waals surface area (Å²) in [7, 11) is 0. The van der Waals surface area contributed by atoms with Crippen LogP contribution in [0.1, 0.15) is 0 Å². The van der Waals surface area contributed by atoms with Crippen LogP contribution in [-0.4, -0.2) is 0 Å². The zero-order chi connectivity index (χ0) is 0. The van der Waals surface area contributed by atoms with Crippen LogP contribution in [0.4, 0.5) is 0 Å². The summed E-state index contributed by atoms with van der Waals surface area (Å²) < 4.78 is 0. The Morgan fingerprint density at radius 2 is 1.00 bits per heavy atom. The molecule has 2 radical (unpaired) electrons. The molecule has 0 bridgehead atoms. The first-order chi connectivity index (χ1) is 0. The van der Waals surface area contributed by atoms with Gasteiger partial charge in [0.2, 0.25) is 0 Å². The molecule has 0 unspecified atom stereocenters. The topological polar surface area (TPSA) is 0 Å². The van der Waals surface area contributed by atoms with Crippen LogP contribution in [0, 0.1) is 0 Å². The van der Waals surface area contributed by atoms with Crippen LogP contribution >= 0.6 is 0 Å². The molecule has 0 aliphatic heterocycles. The largest absolute Gasteiger partial charge is 0 e. The molecule has 0 aromatic carbocycles. The van der Waals surface area contributed by atoms with E-state index in [2.05, 4.69) is 0 Å². The van der Waals surface area contributed by atoms with Crippen molar-refractivity contribution >= 4 is 0 Å². The Balaban J connectivity index is 0. The monoisotopic (exact) mass is 326 g/mol. The summed E-state index contributed by atoms with van der Waals surface area (Å²) in [5.74, 6) is 0. The molecule has 0 aliphatic rings. The third kappa shape index (κ3) is 20.2. The zero-order valence-corrected chi connectivity index (χ0v) is 8.11. The molecule has 0 fully saturated rings. The molecular formula is CoFeMnMoNi. The molecule has 5 heteroatoms. The first-order valence-corrected chi connectivity index (χ1v) is 0. The van der Waals surface area contributed by atoms with Gasteiger partial charge in [0.1, 0.15) is 0 Å². The summed E-state index contributed by atoms with van der Waals surface area (Å²) in [4.78, 5) is 0. The van der Waals surface area contributed by atoms with Crippen LogP contribution in [0.3, 0.4) is 0 Å². The summed E-state index contributed by atoms with van der Waals surface area (Å²) in [6.45, 7) is 0. The van der Waals surface area contributed by atoms with Crippen molar-refractivity contribution in [2.24, 2.45) is 0 Å². The molecule has 0 atom stereocenters. The first kappa shape index (κ1) is 47.0. The van der Waals surface area contributed by atoms with Gasteiger partial charge < -0.3 is 0 Å². The Kier molecular flexibility index (Phi) is 279. The van der Waals surface area contributed by atoms with E-state index in [0.29, 0.717) is 0 Å². The van der Waals surface area contributed by atoms with E-state index < -0.39 is 0 Å². The van der Waals surface area contributed by atoms with Crippen LogP contribution in [-0.2, 0) is 88.5 Å². The summed E-state index contributed by atoms with van der Waals surface area (Å²) in [5.41, 5.74) is 0. The average Bonchev–Trinajstić information content (AvgIpc) is 0. The van der Waals surface area contributed by atoms with E-state index >= 15 is 0 Å². The predicted molar refractivity (Wildman–Crippen MR) is 0 cm³/mol. The van der Waals surface area contributed by atoms with Gasteiger partial charge in [-0.1, -0.05) is 0 Å².